The van der Waals surface area contributed by atoms with Gasteiger partial charge in [-0.25, -0.2) is 4.39 Å². The van der Waals surface area contributed by atoms with Crippen LogP contribution in [0.5, 0.6) is 11.5 Å². The van der Waals surface area contributed by atoms with Gasteiger partial charge >= 0.3 is 0 Å². The molecule has 6 nitrogen and oxygen atoms in total. The molecule has 5 rings (SSSR count). The highest BCUT2D eigenvalue weighted by Gasteiger charge is 2.36. The molecular weight excluding hydrogens is 359 g/mol. The van der Waals surface area contributed by atoms with Crippen LogP contribution in [-0.2, 0) is 5.54 Å². The van der Waals surface area contributed by atoms with E-state index in [1.165, 1.54) is 0 Å². The van der Waals surface area contributed by atoms with Gasteiger partial charge in [0.15, 0.2) is 17.3 Å². The van der Waals surface area contributed by atoms with E-state index in [2.05, 4.69) is 15.5 Å². The summed E-state index contributed by atoms with van der Waals surface area (Å²) < 4.78 is 28.9. The highest BCUT2D eigenvalue weighted by molar-refractivity contribution is 5.84. The van der Waals surface area contributed by atoms with Crippen molar-refractivity contribution in [3.8, 4) is 28.3 Å². The van der Waals surface area contributed by atoms with Crippen molar-refractivity contribution in [3.63, 3.8) is 0 Å². The Balaban J connectivity index is 1.81. The van der Waals surface area contributed by atoms with E-state index in [1.807, 2.05) is 50.5 Å². The number of anilines is 1. The Hall–Kier alpha value is -3.09. The number of para-hydroxylation sites is 1. The van der Waals surface area contributed by atoms with Gasteiger partial charge in [-0.1, -0.05) is 12.1 Å². The summed E-state index contributed by atoms with van der Waals surface area (Å²) in [6.45, 7) is 8.78. The number of halogens is 1. The molecule has 0 spiro atoms. The van der Waals surface area contributed by atoms with Crippen molar-refractivity contribution in [2.24, 2.45) is 0 Å². The number of nitrogens with zero attached hydrogens (tertiary/aromatic N) is 3. The molecule has 0 amide bonds. The molecule has 0 saturated heterocycles. The van der Waals surface area contributed by atoms with E-state index in [1.54, 1.807) is 6.07 Å². The molecule has 3 heterocycles. The number of fused-ring (bicyclic) bond motifs is 4. The van der Waals surface area contributed by atoms with Gasteiger partial charge in [-0.15, -0.1) is 10.2 Å². The standard InChI is InChI=1S/C21H21FN4O2/c1-11-17(13-6-5-7-16-19(13)28-9-8-27-16)14(22)10-15-18(11)26-12(2)24-25-20(26)21(3,4)23-15/h5-7,10,23H,8-9H2,1-4H3. The lowest BCUT2D eigenvalue weighted by atomic mass is 9.92. The maximum atomic E-state index is 15.4. The molecule has 144 valence electrons. The van der Waals surface area contributed by atoms with Crippen LogP contribution >= 0.6 is 0 Å². The number of rotatable bonds is 1. The predicted octanol–water partition coefficient (Wildman–Crippen LogP) is 4.12. The summed E-state index contributed by atoms with van der Waals surface area (Å²) in [6, 6.07) is 7.12. The second kappa shape index (κ2) is 5.70. The smallest absolute Gasteiger partial charge is 0.169 e. The Kier molecular flexibility index (Phi) is 3.47. The number of nitrogens with one attached hydrogen (secondary N) is 1. The van der Waals surface area contributed by atoms with Crippen LogP contribution in [0.1, 0.15) is 31.1 Å². The lowest BCUT2D eigenvalue weighted by Crippen LogP contribution is -2.36. The summed E-state index contributed by atoms with van der Waals surface area (Å²) in [4.78, 5) is 0. The zero-order valence-corrected chi connectivity index (χ0v) is 16.3. The van der Waals surface area contributed by atoms with Gasteiger partial charge in [0.1, 0.15) is 24.9 Å². The number of hydrogen-bond donors (Lipinski definition) is 1. The molecule has 7 heteroatoms. The molecule has 3 aromatic rings. The van der Waals surface area contributed by atoms with Gasteiger partial charge in [-0.3, -0.25) is 4.57 Å². The van der Waals surface area contributed by atoms with Gasteiger partial charge in [0.05, 0.1) is 16.9 Å². The van der Waals surface area contributed by atoms with Crippen LogP contribution in [-0.4, -0.2) is 28.0 Å². The van der Waals surface area contributed by atoms with Crippen molar-refractivity contribution in [3.05, 3.63) is 47.3 Å². The van der Waals surface area contributed by atoms with E-state index in [4.69, 9.17) is 9.47 Å². The normalized spacial score (nSPS) is 16.2. The third-order valence-electron chi connectivity index (χ3n) is 5.39. The molecule has 0 bridgehead atoms. The SMILES string of the molecule is Cc1c(-c2cccc3c2OCCO3)c(F)cc2c1-n1c(C)nnc1C(C)(C)N2. The first-order chi connectivity index (χ1) is 13.4. The van der Waals surface area contributed by atoms with Crippen LogP contribution in [0, 0.1) is 19.7 Å². The molecule has 0 atom stereocenters. The molecule has 0 unspecified atom stereocenters. The van der Waals surface area contributed by atoms with Crippen molar-refractivity contribution >= 4 is 5.69 Å². The fourth-order valence-electron chi connectivity index (χ4n) is 4.18. The largest absolute Gasteiger partial charge is 0.486 e. The summed E-state index contributed by atoms with van der Waals surface area (Å²) in [7, 11) is 0. The zero-order chi connectivity index (χ0) is 19.6. The molecule has 2 aliphatic rings. The lowest BCUT2D eigenvalue weighted by Gasteiger charge is -2.35. The summed E-state index contributed by atoms with van der Waals surface area (Å²) in [6.07, 6.45) is 0. The van der Waals surface area contributed by atoms with Crippen molar-refractivity contribution in [1.29, 1.82) is 0 Å². The van der Waals surface area contributed by atoms with Crippen LogP contribution in [0.3, 0.4) is 0 Å². The Morgan fingerprint density at radius 1 is 1.14 bits per heavy atom. The summed E-state index contributed by atoms with van der Waals surface area (Å²) in [5.74, 6) is 2.48. The second-order valence-corrected chi connectivity index (χ2v) is 7.74. The fourth-order valence-corrected chi connectivity index (χ4v) is 4.18. The van der Waals surface area contributed by atoms with Gasteiger partial charge in [0, 0.05) is 11.1 Å². The van der Waals surface area contributed by atoms with Crippen LogP contribution in [0.25, 0.3) is 16.8 Å². The minimum Gasteiger partial charge on any atom is -0.486 e. The van der Waals surface area contributed by atoms with Crippen LogP contribution in [0.4, 0.5) is 10.1 Å². The van der Waals surface area contributed by atoms with Crippen LogP contribution in [0.15, 0.2) is 24.3 Å². The first-order valence-electron chi connectivity index (χ1n) is 9.31. The zero-order valence-electron chi connectivity index (χ0n) is 16.3. The highest BCUT2D eigenvalue weighted by Crippen LogP contribution is 2.46. The average molecular weight is 380 g/mol. The van der Waals surface area contributed by atoms with Crippen molar-refractivity contribution in [2.75, 3.05) is 18.5 Å². The third-order valence-corrected chi connectivity index (χ3v) is 5.39. The van der Waals surface area contributed by atoms with Gasteiger partial charge in [-0.05, 0) is 45.4 Å². The quantitative estimate of drug-likeness (QED) is 0.688. The topological polar surface area (TPSA) is 61.2 Å². The Morgan fingerprint density at radius 2 is 1.93 bits per heavy atom. The van der Waals surface area contributed by atoms with Crippen molar-refractivity contribution < 1.29 is 13.9 Å². The van der Waals surface area contributed by atoms with Crippen molar-refractivity contribution in [1.82, 2.24) is 14.8 Å². The molecule has 1 aromatic heterocycles. The Morgan fingerprint density at radius 3 is 2.75 bits per heavy atom. The van der Waals surface area contributed by atoms with Gasteiger partial charge in [0.2, 0.25) is 0 Å². The minimum atomic E-state index is -0.461. The maximum absolute atomic E-state index is 15.4. The van der Waals surface area contributed by atoms with E-state index in [9.17, 15) is 0 Å². The molecule has 0 aliphatic carbocycles. The number of ether oxygens (including phenoxy) is 2. The van der Waals surface area contributed by atoms with E-state index in [0.29, 0.717) is 35.8 Å². The summed E-state index contributed by atoms with van der Waals surface area (Å²) >= 11 is 0. The Labute approximate surface area is 162 Å². The number of hydrogen-bond acceptors (Lipinski definition) is 5. The number of aromatic nitrogens is 3. The Bertz CT molecular complexity index is 1120. The molecule has 0 radical (unpaired) electrons. The molecule has 2 aromatic carbocycles. The molecule has 0 fully saturated rings. The maximum Gasteiger partial charge on any atom is 0.169 e. The fraction of sp³-hybridized carbons (Fsp3) is 0.333. The minimum absolute atomic E-state index is 0.309. The average Bonchev–Trinajstić information content (AvgIpc) is 3.04. The van der Waals surface area contributed by atoms with Gasteiger partial charge in [-0.2, -0.15) is 0 Å². The first-order valence-corrected chi connectivity index (χ1v) is 9.31. The van der Waals surface area contributed by atoms with E-state index >= 15 is 4.39 Å². The molecule has 28 heavy (non-hydrogen) atoms. The number of benzene rings is 2. The van der Waals surface area contributed by atoms with Gasteiger partial charge < -0.3 is 14.8 Å². The third kappa shape index (κ3) is 2.25. The highest BCUT2D eigenvalue weighted by atomic mass is 19.1. The van der Waals surface area contributed by atoms with Gasteiger partial charge in [0.25, 0.3) is 0 Å². The van der Waals surface area contributed by atoms with E-state index < -0.39 is 5.54 Å². The molecule has 1 N–H and O–H groups in total. The van der Waals surface area contributed by atoms with E-state index in [-0.39, 0.29) is 5.82 Å². The first kappa shape index (κ1) is 17.0. The summed E-state index contributed by atoms with van der Waals surface area (Å²) in [5.41, 5.74) is 3.11. The van der Waals surface area contributed by atoms with Crippen molar-refractivity contribution in [2.45, 2.75) is 33.2 Å². The monoisotopic (exact) mass is 380 g/mol. The second-order valence-electron chi connectivity index (χ2n) is 7.74. The predicted molar refractivity (Wildman–Crippen MR) is 104 cm³/mol. The van der Waals surface area contributed by atoms with Crippen LogP contribution in [0.2, 0.25) is 0 Å². The summed E-state index contributed by atoms with van der Waals surface area (Å²) in [5, 5.41) is 12.0. The molecule has 2 aliphatic heterocycles. The molecule has 0 saturated carbocycles. The molecular formula is C21H21FN4O2. The number of aryl methyl sites for hydroxylation is 1. The lowest BCUT2D eigenvalue weighted by molar-refractivity contribution is 0.172. The van der Waals surface area contributed by atoms with Crippen LogP contribution < -0.4 is 14.8 Å². The van der Waals surface area contributed by atoms with E-state index in [0.717, 1.165) is 28.6 Å².